The molecular formula is C21H20N4O3. The third-order valence-corrected chi connectivity index (χ3v) is 4.06. The van der Waals surface area contributed by atoms with Crippen LogP contribution in [0.3, 0.4) is 0 Å². The first-order valence-electron chi connectivity index (χ1n) is 8.84. The van der Waals surface area contributed by atoms with Gasteiger partial charge in [0.15, 0.2) is 5.69 Å². The van der Waals surface area contributed by atoms with Gasteiger partial charge in [-0.3, -0.25) is 14.4 Å². The number of hydrogen-bond acceptors (Lipinski definition) is 4. The fourth-order valence-corrected chi connectivity index (χ4v) is 2.66. The molecule has 1 heterocycles. The first-order chi connectivity index (χ1) is 13.6. The van der Waals surface area contributed by atoms with Crippen LogP contribution in [0.15, 0.2) is 71.5 Å². The lowest BCUT2D eigenvalue weighted by Gasteiger charge is -2.11. The summed E-state index contributed by atoms with van der Waals surface area (Å²) in [6.45, 7) is 2.16. The van der Waals surface area contributed by atoms with Gasteiger partial charge >= 0.3 is 0 Å². The molecule has 0 aliphatic carbocycles. The fraction of sp³-hybridized carbons (Fsp3) is 0.143. The van der Waals surface area contributed by atoms with Crippen molar-refractivity contribution in [2.24, 2.45) is 0 Å². The summed E-state index contributed by atoms with van der Waals surface area (Å²) in [5, 5.41) is 9.53. The van der Waals surface area contributed by atoms with E-state index >= 15 is 0 Å². The van der Waals surface area contributed by atoms with Gasteiger partial charge in [0, 0.05) is 30.4 Å². The van der Waals surface area contributed by atoms with E-state index in [0.29, 0.717) is 11.3 Å². The molecule has 0 saturated carbocycles. The lowest BCUT2D eigenvalue weighted by atomic mass is 10.2. The van der Waals surface area contributed by atoms with Crippen molar-refractivity contribution in [2.75, 3.05) is 13.1 Å². The SMILES string of the molecule is Cc1cc(=O)c(C(=O)NCCNC(=O)c2ccccc2)nn1-c1ccccc1. The number of nitrogens with one attached hydrogen (secondary N) is 2. The minimum absolute atomic E-state index is 0.178. The number of hydrogen-bond donors (Lipinski definition) is 2. The molecule has 2 amide bonds. The normalized spacial score (nSPS) is 10.3. The molecule has 28 heavy (non-hydrogen) atoms. The Balaban J connectivity index is 1.63. The summed E-state index contributed by atoms with van der Waals surface area (Å²) in [5.41, 5.74) is 1.28. The smallest absolute Gasteiger partial charge is 0.275 e. The molecular weight excluding hydrogens is 356 g/mol. The number of carbonyl (C=O) groups excluding carboxylic acids is 2. The van der Waals surface area contributed by atoms with Gasteiger partial charge < -0.3 is 10.6 Å². The molecule has 3 aromatic rings. The van der Waals surface area contributed by atoms with Gasteiger partial charge in [-0.1, -0.05) is 36.4 Å². The largest absolute Gasteiger partial charge is 0.350 e. The molecule has 142 valence electrons. The standard InChI is InChI=1S/C21H20N4O3/c1-15-14-18(26)19(24-25(15)17-10-6-3-7-11-17)21(28)23-13-12-22-20(27)16-8-4-2-5-9-16/h2-11,14H,12-13H2,1H3,(H,22,27)(H,23,28). The number of aromatic nitrogens is 2. The Hall–Kier alpha value is -3.74. The van der Waals surface area contributed by atoms with Crippen LogP contribution in [0.1, 0.15) is 26.5 Å². The van der Waals surface area contributed by atoms with Crippen molar-refractivity contribution >= 4 is 11.8 Å². The average Bonchev–Trinajstić information content (AvgIpc) is 2.72. The molecule has 2 N–H and O–H groups in total. The third-order valence-electron chi connectivity index (χ3n) is 4.06. The van der Waals surface area contributed by atoms with Crippen LogP contribution >= 0.6 is 0 Å². The van der Waals surface area contributed by atoms with Crippen molar-refractivity contribution in [1.29, 1.82) is 0 Å². The maximum atomic E-state index is 12.4. The van der Waals surface area contributed by atoms with Gasteiger partial charge in [0.2, 0.25) is 5.43 Å². The van der Waals surface area contributed by atoms with Crippen LogP contribution in [0, 0.1) is 6.92 Å². The minimum atomic E-state index is -0.580. The molecule has 7 heteroatoms. The van der Waals surface area contributed by atoms with E-state index in [1.54, 1.807) is 35.9 Å². The molecule has 2 aromatic carbocycles. The maximum Gasteiger partial charge on any atom is 0.275 e. The van der Waals surface area contributed by atoms with E-state index in [2.05, 4.69) is 15.7 Å². The van der Waals surface area contributed by atoms with Crippen LogP contribution in [0.4, 0.5) is 0 Å². The maximum absolute atomic E-state index is 12.4. The molecule has 0 bridgehead atoms. The molecule has 0 aliphatic rings. The van der Waals surface area contributed by atoms with Crippen molar-refractivity contribution in [3.8, 4) is 5.69 Å². The molecule has 0 aliphatic heterocycles. The quantitative estimate of drug-likeness (QED) is 0.641. The Bertz CT molecular complexity index is 1030. The van der Waals surface area contributed by atoms with Crippen molar-refractivity contribution in [1.82, 2.24) is 20.4 Å². The summed E-state index contributed by atoms with van der Waals surface area (Å²) in [4.78, 5) is 36.5. The molecule has 3 rings (SSSR count). The van der Waals surface area contributed by atoms with Gasteiger partial charge in [-0.05, 0) is 31.2 Å². The molecule has 0 fully saturated rings. The van der Waals surface area contributed by atoms with Gasteiger partial charge in [-0.25, -0.2) is 4.68 Å². The highest BCUT2D eigenvalue weighted by Crippen LogP contribution is 2.07. The van der Waals surface area contributed by atoms with Crippen LogP contribution < -0.4 is 16.1 Å². The molecule has 0 spiro atoms. The number of nitrogens with zero attached hydrogens (tertiary/aromatic N) is 2. The summed E-state index contributed by atoms with van der Waals surface area (Å²) in [5.74, 6) is -0.807. The number of aryl methyl sites for hydroxylation is 1. The van der Waals surface area contributed by atoms with Gasteiger partial charge in [-0.2, -0.15) is 5.10 Å². The van der Waals surface area contributed by atoms with E-state index in [1.165, 1.54) is 6.07 Å². The fourth-order valence-electron chi connectivity index (χ4n) is 2.66. The Labute approximate surface area is 162 Å². The average molecular weight is 376 g/mol. The molecule has 0 radical (unpaired) electrons. The highest BCUT2D eigenvalue weighted by atomic mass is 16.2. The lowest BCUT2D eigenvalue weighted by Crippen LogP contribution is -2.37. The lowest BCUT2D eigenvalue weighted by molar-refractivity contribution is 0.0923. The van der Waals surface area contributed by atoms with Crippen LogP contribution in [0.5, 0.6) is 0 Å². The van der Waals surface area contributed by atoms with Gasteiger partial charge in [-0.15, -0.1) is 0 Å². The first-order valence-corrected chi connectivity index (χ1v) is 8.84. The molecule has 0 atom stereocenters. The van der Waals surface area contributed by atoms with Crippen LogP contribution in [-0.4, -0.2) is 34.7 Å². The molecule has 1 aromatic heterocycles. The summed E-state index contributed by atoms with van der Waals surface area (Å²) < 4.78 is 1.55. The molecule has 0 saturated heterocycles. The number of para-hydroxylation sites is 1. The van der Waals surface area contributed by atoms with E-state index in [0.717, 1.165) is 5.69 Å². The predicted octanol–water partition coefficient (Wildman–Crippen LogP) is 1.70. The number of carbonyl (C=O) groups is 2. The second-order valence-corrected chi connectivity index (χ2v) is 6.12. The first kappa shape index (κ1) is 19.0. The van der Waals surface area contributed by atoms with E-state index in [-0.39, 0.29) is 24.7 Å². The zero-order valence-electron chi connectivity index (χ0n) is 15.4. The Morgan fingerprint density at radius 1 is 0.893 bits per heavy atom. The Morgan fingerprint density at radius 3 is 2.11 bits per heavy atom. The van der Waals surface area contributed by atoms with Crippen molar-refractivity contribution in [3.63, 3.8) is 0 Å². The summed E-state index contributed by atoms with van der Waals surface area (Å²) in [7, 11) is 0. The van der Waals surface area contributed by atoms with Gasteiger partial charge in [0.1, 0.15) is 0 Å². The van der Waals surface area contributed by atoms with E-state index in [9.17, 15) is 14.4 Å². The van der Waals surface area contributed by atoms with Crippen molar-refractivity contribution in [2.45, 2.75) is 6.92 Å². The van der Waals surface area contributed by atoms with Gasteiger partial charge in [0.25, 0.3) is 11.8 Å². The van der Waals surface area contributed by atoms with E-state index in [1.807, 2.05) is 36.4 Å². The highest BCUT2D eigenvalue weighted by Gasteiger charge is 2.15. The minimum Gasteiger partial charge on any atom is -0.350 e. The second-order valence-electron chi connectivity index (χ2n) is 6.12. The number of rotatable bonds is 6. The Kier molecular flexibility index (Phi) is 5.96. The van der Waals surface area contributed by atoms with Gasteiger partial charge in [0.05, 0.1) is 5.69 Å². The Morgan fingerprint density at radius 2 is 1.46 bits per heavy atom. The number of benzene rings is 2. The van der Waals surface area contributed by atoms with E-state index in [4.69, 9.17) is 0 Å². The second kappa shape index (κ2) is 8.77. The molecule has 0 unspecified atom stereocenters. The van der Waals surface area contributed by atoms with E-state index < -0.39 is 11.3 Å². The van der Waals surface area contributed by atoms with Crippen LogP contribution in [-0.2, 0) is 0 Å². The highest BCUT2D eigenvalue weighted by molar-refractivity contribution is 5.94. The predicted molar refractivity (Wildman–Crippen MR) is 106 cm³/mol. The third kappa shape index (κ3) is 4.50. The van der Waals surface area contributed by atoms with Crippen LogP contribution in [0.25, 0.3) is 5.69 Å². The summed E-state index contributed by atoms with van der Waals surface area (Å²) in [6.07, 6.45) is 0. The van der Waals surface area contributed by atoms with Crippen LogP contribution in [0.2, 0.25) is 0 Å². The zero-order valence-corrected chi connectivity index (χ0v) is 15.4. The topological polar surface area (TPSA) is 93.1 Å². The summed E-state index contributed by atoms with van der Waals surface area (Å²) in [6, 6.07) is 19.4. The van der Waals surface area contributed by atoms with Crippen molar-refractivity contribution < 1.29 is 9.59 Å². The molecule has 7 nitrogen and oxygen atoms in total. The monoisotopic (exact) mass is 376 g/mol. The zero-order chi connectivity index (χ0) is 19.9. The summed E-state index contributed by atoms with van der Waals surface area (Å²) >= 11 is 0. The number of amides is 2. The van der Waals surface area contributed by atoms with Crippen molar-refractivity contribution in [3.05, 3.63) is 93.9 Å².